The molecular formula is C49H66N6O20. The van der Waals surface area contributed by atoms with Crippen molar-refractivity contribution in [3.8, 4) is 17.2 Å². The quantitative estimate of drug-likeness (QED) is 0.0299. The maximum atomic E-state index is 14.1. The van der Waals surface area contributed by atoms with Crippen molar-refractivity contribution in [2.24, 2.45) is 11.7 Å². The van der Waals surface area contributed by atoms with Crippen LogP contribution in [0.4, 0.5) is 0 Å². The first kappa shape index (κ1) is 59.2. The first-order valence-corrected chi connectivity index (χ1v) is 24.2. The van der Waals surface area contributed by atoms with Crippen LogP contribution in [0, 0.1) is 5.92 Å². The number of carbonyl (C=O) groups excluding carboxylic acids is 9. The number of nitrogens with one attached hydrogen (secondary N) is 5. The number of carbonyl (C=O) groups is 9. The number of phenols is 2. The molecule has 0 spiro atoms. The minimum absolute atomic E-state index is 0.00152. The predicted molar refractivity (Wildman–Crippen MR) is 257 cm³/mol. The Morgan fingerprint density at radius 3 is 2.11 bits per heavy atom. The van der Waals surface area contributed by atoms with Gasteiger partial charge in [0.15, 0.2) is 17.9 Å². The fraction of sp³-hybridized carbons (Fsp3) is 0.571. The van der Waals surface area contributed by atoms with Gasteiger partial charge in [0, 0.05) is 36.0 Å². The lowest BCUT2D eigenvalue weighted by Crippen LogP contribution is -2.61. The minimum atomic E-state index is -2.46. The predicted octanol–water partition coefficient (Wildman–Crippen LogP) is -2.92. The topological polar surface area (TPSA) is 407 Å². The third-order valence-electron chi connectivity index (χ3n) is 12.8. The molecule has 3 aliphatic rings. The second kappa shape index (κ2) is 25.7. The second-order valence-corrected chi connectivity index (χ2v) is 18.9. The molecule has 1 heterocycles. The molecule has 0 saturated carbocycles. The molecule has 75 heavy (non-hydrogen) atoms. The van der Waals surface area contributed by atoms with E-state index < -0.39 is 168 Å². The van der Waals surface area contributed by atoms with Crippen molar-refractivity contribution in [3.63, 3.8) is 0 Å². The van der Waals surface area contributed by atoms with Gasteiger partial charge < -0.3 is 86.6 Å². The van der Waals surface area contributed by atoms with Gasteiger partial charge in [-0.1, -0.05) is 26.0 Å². The number of primary amides is 1. The van der Waals surface area contributed by atoms with Gasteiger partial charge in [0.05, 0.1) is 74.9 Å². The van der Waals surface area contributed by atoms with E-state index in [0.717, 1.165) is 0 Å². The average molecular weight is 1060 g/mol. The molecule has 5 rings (SSSR count). The number of phenolic OH excluding ortho intramolecular Hbond substituents is 2. The van der Waals surface area contributed by atoms with Crippen LogP contribution >= 0.6 is 0 Å². The third-order valence-corrected chi connectivity index (χ3v) is 12.8. The highest BCUT2D eigenvalue weighted by Gasteiger charge is 2.50. The number of Topliss-reactive ketones (excluding diaryl/α,β-unsaturated/α-hetero) is 1. The van der Waals surface area contributed by atoms with Crippen LogP contribution in [0.15, 0.2) is 18.2 Å². The molecule has 10 atom stereocenters. The maximum Gasteiger partial charge on any atom is 0.246 e. The summed E-state index contributed by atoms with van der Waals surface area (Å²) in [5, 5.41) is 77.6. The zero-order valence-corrected chi connectivity index (χ0v) is 42.3. The highest BCUT2D eigenvalue weighted by Crippen LogP contribution is 2.52. The summed E-state index contributed by atoms with van der Waals surface area (Å²) in [7, 11) is 1.27. The zero-order valence-electron chi connectivity index (χ0n) is 42.3. The maximum absolute atomic E-state index is 14.1. The van der Waals surface area contributed by atoms with E-state index in [4.69, 9.17) is 34.5 Å². The number of hydrogen-bond donors (Lipinski definition) is 12. The van der Waals surface area contributed by atoms with Gasteiger partial charge in [-0.3, -0.25) is 43.2 Å². The van der Waals surface area contributed by atoms with Gasteiger partial charge in [-0.15, -0.1) is 0 Å². The summed E-state index contributed by atoms with van der Waals surface area (Å²) in [6.07, 6.45) is -8.20. The largest absolute Gasteiger partial charge is 0.507 e. The number of methoxy groups -OCH3 is 1. The number of amides is 6. The van der Waals surface area contributed by atoms with Crippen molar-refractivity contribution in [3.05, 3.63) is 51.6 Å². The van der Waals surface area contributed by atoms with Crippen molar-refractivity contribution in [2.45, 2.75) is 127 Å². The molecule has 2 aromatic carbocycles. The van der Waals surface area contributed by atoms with E-state index in [1.807, 2.05) is 0 Å². The molecule has 1 fully saturated rings. The molecule has 0 bridgehead atoms. The number of nitrogens with two attached hydrogens (primary N) is 1. The smallest absolute Gasteiger partial charge is 0.246 e. The number of hydrogen-bond acceptors (Lipinski definition) is 20. The molecule has 26 heteroatoms. The Balaban J connectivity index is 1.31. The number of aliphatic hydroxyl groups is 4. The fourth-order valence-electron chi connectivity index (χ4n) is 9.03. The van der Waals surface area contributed by atoms with Crippen LogP contribution in [0.3, 0.4) is 0 Å². The monoisotopic (exact) mass is 1060 g/mol. The summed E-state index contributed by atoms with van der Waals surface area (Å²) in [6, 6.07) is -2.57. The molecule has 2 aromatic rings. The van der Waals surface area contributed by atoms with Gasteiger partial charge in [-0.2, -0.15) is 0 Å². The lowest BCUT2D eigenvalue weighted by molar-refractivity contribution is -0.249. The van der Waals surface area contributed by atoms with Gasteiger partial charge >= 0.3 is 0 Å². The van der Waals surface area contributed by atoms with E-state index in [9.17, 15) is 68.7 Å². The van der Waals surface area contributed by atoms with Gasteiger partial charge in [0.1, 0.15) is 66.3 Å². The van der Waals surface area contributed by atoms with Crippen LogP contribution in [0.5, 0.6) is 17.2 Å². The van der Waals surface area contributed by atoms with Gasteiger partial charge in [-0.05, 0) is 39.2 Å². The number of fused-ring (bicyclic) bond motifs is 3. The highest BCUT2D eigenvalue weighted by molar-refractivity contribution is 6.31. The summed E-state index contributed by atoms with van der Waals surface area (Å²) in [5.74, 6) is -10.1. The van der Waals surface area contributed by atoms with E-state index in [-0.39, 0.29) is 73.2 Å². The molecule has 0 aromatic heterocycles. The van der Waals surface area contributed by atoms with Crippen molar-refractivity contribution in [1.29, 1.82) is 0 Å². The molecule has 26 nitrogen and oxygen atoms in total. The van der Waals surface area contributed by atoms with Crippen molar-refractivity contribution < 1.29 is 97.5 Å². The van der Waals surface area contributed by atoms with Crippen molar-refractivity contribution in [2.75, 3.05) is 46.8 Å². The van der Waals surface area contributed by atoms with Gasteiger partial charge in [0.2, 0.25) is 41.2 Å². The van der Waals surface area contributed by atoms with E-state index in [2.05, 4.69) is 26.6 Å². The number of ketones is 3. The molecular weight excluding hydrogens is 993 g/mol. The average Bonchev–Trinajstić information content (AvgIpc) is 3.35. The summed E-state index contributed by atoms with van der Waals surface area (Å²) < 4.78 is 27.7. The Morgan fingerprint density at radius 2 is 1.47 bits per heavy atom. The van der Waals surface area contributed by atoms with Crippen LogP contribution < -0.4 is 37.1 Å². The summed E-state index contributed by atoms with van der Waals surface area (Å²) in [6.45, 7) is 6.00. The lowest BCUT2D eigenvalue weighted by atomic mass is 9.72. The zero-order chi connectivity index (χ0) is 55.6. The van der Waals surface area contributed by atoms with Gasteiger partial charge in [-0.25, -0.2) is 0 Å². The Labute approximate surface area is 430 Å². The molecule has 6 unspecified atom stereocenters. The lowest BCUT2D eigenvalue weighted by Gasteiger charge is -2.43. The summed E-state index contributed by atoms with van der Waals surface area (Å²) in [5.41, 5.74) is 0.762. The van der Waals surface area contributed by atoms with E-state index in [0.29, 0.717) is 0 Å². The number of aromatic hydroxyl groups is 2. The first-order valence-electron chi connectivity index (χ1n) is 24.2. The van der Waals surface area contributed by atoms with Crippen LogP contribution in [0.25, 0.3) is 0 Å². The Bertz CT molecular complexity index is 2520. The van der Waals surface area contributed by atoms with E-state index in [1.54, 1.807) is 13.8 Å². The fourth-order valence-corrected chi connectivity index (χ4v) is 9.03. The Morgan fingerprint density at radius 1 is 0.827 bits per heavy atom. The van der Waals surface area contributed by atoms with Crippen LogP contribution in [0.1, 0.15) is 109 Å². The number of benzene rings is 2. The van der Waals surface area contributed by atoms with Crippen LogP contribution in [0.2, 0.25) is 0 Å². The summed E-state index contributed by atoms with van der Waals surface area (Å²) in [4.78, 5) is 120. The summed E-state index contributed by atoms with van der Waals surface area (Å²) >= 11 is 0. The molecule has 0 radical (unpaired) electrons. The molecule has 2 aliphatic carbocycles. The normalized spacial score (nSPS) is 22.5. The SMILES string of the molecule is COc1cccc2c1C(=O)c1c(O)c3c(c(O)c1C2=O)C[C@@](O)(C(=O)CO)C[C@@H]3O[C@@H]1CC(NC(=O)C(CC(C)C)NC(=O)C(CC(N)=O)NC(=O)C(C)NC(=O)C(C)NC(=O)COCCOCCO)[C@@H](O)C(C)O1. The van der Waals surface area contributed by atoms with Gasteiger partial charge in [0.25, 0.3) is 0 Å². The van der Waals surface area contributed by atoms with E-state index >= 15 is 0 Å². The molecule has 1 saturated heterocycles. The minimum Gasteiger partial charge on any atom is -0.507 e. The standard InChI is InChI=1S/C49H66N6O20/c1-21(2)14-28(55-48(69)29(15-33(50)59)54-46(67)23(4)52-45(66)22(3)51-34(60)20-73-13-12-72-11-10-56)47(68)53-27-16-35(74-24(5)40(27)61)75-31-18-49(70,32(58)19-57)17-26-37(31)44(65)39-38(42(26)63)41(62)25-8-7-9-30(71-6)36(25)43(39)64/h7-9,21-24,27-29,31,35,40,56-57,61,63,65,70H,10-20H2,1-6H3,(H2,50,59)(H,51,60)(H,52,66)(H,53,68)(H,54,67)(H,55,69)/t22?,23?,24?,27?,28?,29?,31-,35+,40-,49-/m0/s1. The van der Waals surface area contributed by atoms with Crippen molar-refractivity contribution >= 4 is 52.8 Å². The van der Waals surface area contributed by atoms with Crippen molar-refractivity contribution in [1.82, 2.24) is 26.6 Å². The van der Waals surface area contributed by atoms with E-state index in [1.165, 1.54) is 46.1 Å². The highest BCUT2D eigenvalue weighted by atomic mass is 16.7. The second-order valence-electron chi connectivity index (χ2n) is 18.9. The first-order chi connectivity index (χ1) is 35.4. The number of rotatable bonds is 25. The molecule has 1 aliphatic heterocycles. The van der Waals surface area contributed by atoms with Crippen LogP contribution in [-0.4, -0.2) is 184 Å². The molecule has 13 N–H and O–H groups in total. The Hall–Kier alpha value is -6.65. The number of aliphatic hydroxyl groups excluding tert-OH is 3. The Kier molecular flexibility index (Phi) is 20.3. The number of ether oxygens (including phenoxy) is 5. The van der Waals surface area contributed by atoms with Crippen LogP contribution in [-0.2, 0) is 58.9 Å². The molecule has 6 amide bonds. The third kappa shape index (κ3) is 14.0. The molecule has 412 valence electrons.